The van der Waals surface area contributed by atoms with Gasteiger partial charge in [-0.15, -0.1) is 0 Å². The highest BCUT2D eigenvalue weighted by Crippen LogP contribution is 2.32. The van der Waals surface area contributed by atoms with Crippen molar-refractivity contribution in [1.82, 2.24) is 5.32 Å². The smallest absolute Gasteiger partial charge is 0.313 e. The summed E-state index contributed by atoms with van der Waals surface area (Å²) in [5, 5.41) is 5.28. The van der Waals surface area contributed by atoms with Crippen molar-refractivity contribution in [2.24, 2.45) is 0 Å². The van der Waals surface area contributed by atoms with Gasteiger partial charge in [0.05, 0.1) is 0 Å². The van der Waals surface area contributed by atoms with Gasteiger partial charge in [-0.05, 0) is 49.1 Å². The number of hydrogen-bond donors (Lipinski definition) is 2. The number of carbonyl (C=O) groups excluding carboxylic acids is 2. The Bertz CT molecular complexity index is 906. The molecule has 2 heterocycles. The molecular weight excluding hydrogens is 394 g/mol. The normalized spacial score (nSPS) is 15.7. The minimum atomic E-state index is -0.701. The van der Waals surface area contributed by atoms with Gasteiger partial charge >= 0.3 is 11.8 Å². The number of amides is 2. The van der Waals surface area contributed by atoms with Crippen LogP contribution in [0.4, 0.5) is 11.4 Å². The summed E-state index contributed by atoms with van der Waals surface area (Å²) in [6.45, 7) is 3.60. The van der Waals surface area contributed by atoms with Gasteiger partial charge in [0.15, 0.2) is 11.5 Å². The molecule has 7 nitrogen and oxygen atoms in total. The van der Waals surface area contributed by atoms with Gasteiger partial charge < -0.3 is 25.0 Å². The molecule has 0 spiro atoms. The molecule has 2 aliphatic rings. The van der Waals surface area contributed by atoms with Gasteiger partial charge in [-0.1, -0.05) is 25.0 Å². The SMILES string of the molecule is O=C(NCCc1ccc(N2CCCCCC2)cc1)C(=O)Nc1ccc2c(c1)OCCO2. The Morgan fingerprint density at radius 2 is 1.55 bits per heavy atom. The molecular formula is C24H29N3O4. The minimum absolute atomic E-state index is 0.399. The number of benzene rings is 2. The average molecular weight is 424 g/mol. The van der Waals surface area contributed by atoms with Crippen LogP contribution in [0.1, 0.15) is 31.2 Å². The second-order valence-electron chi connectivity index (χ2n) is 7.89. The fourth-order valence-corrected chi connectivity index (χ4v) is 3.91. The van der Waals surface area contributed by atoms with E-state index in [9.17, 15) is 9.59 Å². The van der Waals surface area contributed by atoms with Crippen LogP contribution in [0.3, 0.4) is 0 Å². The second kappa shape index (κ2) is 10.2. The quantitative estimate of drug-likeness (QED) is 0.723. The van der Waals surface area contributed by atoms with Crippen LogP contribution in [-0.4, -0.2) is 44.7 Å². The molecule has 2 aliphatic heterocycles. The summed E-state index contributed by atoms with van der Waals surface area (Å²) in [7, 11) is 0. The summed E-state index contributed by atoms with van der Waals surface area (Å²) in [4.78, 5) is 26.7. The standard InChI is InChI=1S/C24H29N3O4/c28-23(24(29)26-19-7-10-21-22(17-19)31-16-15-30-21)25-12-11-18-5-8-20(9-6-18)27-13-3-1-2-4-14-27/h5-10,17H,1-4,11-16H2,(H,25,28)(H,26,29). The lowest BCUT2D eigenvalue weighted by molar-refractivity contribution is -0.136. The Morgan fingerprint density at radius 1 is 0.839 bits per heavy atom. The van der Waals surface area contributed by atoms with E-state index in [0.717, 1.165) is 18.7 Å². The van der Waals surface area contributed by atoms with Gasteiger partial charge in [0.25, 0.3) is 0 Å². The van der Waals surface area contributed by atoms with Crippen molar-refractivity contribution in [3.8, 4) is 11.5 Å². The number of nitrogens with zero attached hydrogens (tertiary/aromatic N) is 1. The highest BCUT2D eigenvalue weighted by molar-refractivity contribution is 6.39. The van der Waals surface area contributed by atoms with Crippen LogP contribution in [0.15, 0.2) is 42.5 Å². The first kappa shape index (κ1) is 21.0. The van der Waals surface area contributed by atoms with E-state index < -0.39 is 11.8 Å². The van der Waals surface area contributed by atoms with E-state index in [2.05, 4.69) is 39.8 Å². The monoisotopic (exact) mass is 423 g/mol. The highest BCUT2D eigenvalue weighted by atomic mass is 16.6. The first-order valence-electron chi connectivity index (χ1n) is 11.0. The first-order valence-corrected chi connectivity index (χ1v) is 11.0. The van der Waals surface area contributed by atoms with Crippen LogP contribution in [0.5, 0.6) is 11.5 Å². The van der Waals surface area contributed by atoms with Crippen molar-refractivity contribution >= 4 is 23.2 Å². The Morgan fingerprint density at radius 3 is 2.29 bits per heavy atom. The molecule has 31 heavy (non-hydrogen) atoms. The molecule has 2 aromatic rings. The molecule has 2 N–H and O–H groups in total. The topological polar surface area (TPSA) is 79.9 Å². The summed E-state index contributed by atoms with van der Waals surface area (Å²) < 4.78 is 10.9. The molecule has 0 unspecified atom stereocenters. The van der Waals surface area contributed by atoms with E-state index >= 15 is 0 Å². The Hall–Kier alpha value is -3.22. The third-order valence-electron chi connectivity index (χ3n) is 5.61. The predicted octanol–water partition coefficient (Wildman–Crippen LogP) is 3.14. The number of rotatable bonds is 5. The number of nitrogens with one attached hydrogen (secondary N) is 2. The van der Waals surface area contributed by atoms with Crippen molar-refractivity contribution < 1.29 is 19.1 Å². The maximum atomic E-state index is 12.2. The van der Waals surface area contributed by atoms with E-state index in [1.165, 1.54) is 31.4 Å². The third kappa shape index (κ3) is 5.69. The summed E-state index contributed by atoms with van der Waals surface area (Å²) in [5.74, 6) is -0.159. The molecule has 0 atom stereocenters. The van der Waals surface area contributed by atoms with E-state index in [0.29, 0.717) is 43.4 Å². The van der Waals surface area contributed by atoms with E-state index in [4.69, 9.17) is 9.47 Å². The molecule has 0 radical (unpaired) electrons. The third-order valence-corrected chi connectivity index (χ3v) is 5.61. The molecule has 1 saturated heterocycles. The fourth-order valence-electron chi connectivity index (χ4n) is 3.91. The number of fused-ring (bicyclic) bond motifs is 1. The minimum Gasteiger partial charge on any atom is -0.486 e. The lowest BCUT2D eigenvalue weighted by atomic mass is 10.1. The summed E-state index contributed by atoms with van der Waals surface area (Å²) in [6, 6.07) is 13.6. The molecule has 7 heteroatoms. The molecule has 2 aromatic carbocycles. The van der Waals surface area contributed by atoms with Gasteiger partial charge in [0.2, 0.25) is 0 Å². The Labute approximate surface area is 182 Å². The number of ether oxygens (including phenoxy) is 2. The van der Waals surface area contributed by atoms with E-state index in [-0.39, 0.29) is 0 Å². The largest absolute Gasteiger partial charge is 0.486 e. The van der Waals surface area contributed by atoms with Crippen molar-refractivity contribution in [1.29, 1.82) is 0 Å². The molecule has 1 fully saturated rings. The van der Waals surface area contributed by atoms with Gasteiger partial charge in [0.1, 0.15) is 13.2 Å². The fraction of sp³-hybridized carbons (Fsp3) is 0.417. The van der Waals surface area contributed by atoms with Crippen LogP contribution >= 0.6 is 0 Å². The van der Waals surface area contributed by atoms with Crippen molar-refractivity contribution in [2.45, 2.75) is 32.1 Å². The van der Waals surface area contributed by atoms with Crippen molar-refractivity contribution in [2.75, 3.05) is 43.1 Å². The number of carbonyl (C=O) groups is 2. The first-order chi connectivity index (χ1) is 15.2. The van der Waals surface area contributed by atoms with Gasteiger partial charge in [-0.25, -0.2) is 0 Å². The van der Waals surface area contributed by atoms with Crippen molar-refractivity contribution in [3.63, 3.8) is 0 Å². The lowest BCUT2D eigenvalue weighted by Gasteiger charge is -2.22. The maximum Gasteiger partial charge on any atom is 0.313 e. The van der Waals surface area contributed by atoms with E-state index in [1.54, 1.807) is 18.2 Å². The Balaban J connectivity index is 1.22. The summed E-state index contributed by atoms with van der Waals surface area (Å²) in [6.07, 6.45) is 5.81. The highest BCUT2D eigenvalue weighted by Gasteiger charge is 2.16. The van der Waals surface area contributed by atoms with E-state index in [1.807, 2.05) is 0 Å². The summed E-state index contributed by atoms with van der Waals surface area (Å²) >= 11 is 0. The lowest BCUT2D eigenvalue weighted by Crippen LogP contribution is -2.36. The second-order valence-corrected chi connectivity index (χ2v) is 7.89. The predicted molar refractivity (Wildman–Crippen MR) is 120 cm³/mol. The molecule has 0 aliphatic carbocycles. The molecule has 0 bridgehead atoms. The average Bonchev–Trinajstić information content (AvgIpc) is 3.09. The van der Waals surface area contributed by atoms with Crippen molar-refractivity contribution in [3.05, 3.63) is 48.0 Å². The Kier molecular flexibility index (Phi) is 6.92. The number of anilines is 2. The van der Waals surface area contributed by atoms with Crippen LogP contribution < -0.4 is 25.0 Å². The van der Waals surface area contributed by atoms with Crippen LogP contribution in [-0.2, 0) is 16.0 Å². The molecule has 4 rings (SSSR count). The zero-order chi connectivity index (χ0) is 21.5. The molecule has 2 amide bonds. The maximum absolute atomic E-state index is 12.2. The van der Waals surface area contributed by atoms with Crippen LogP contribution in [0.25, 0.3) is 0 Å². The number of hydrogen-bond acceptors (Lipinski definition) is 5. The van der Waals surface area contributed by atoms with Crippen LogP contribution in [0.2, 0.25) is 0 Å². The molecule has 164 valence electrons. The van der Waals surface area contributed by atoms with Gasteiger partial charge in [0, 0.05) is 37.1 Å². The zero-order valence-electron chi connectivity index (χ0n) is 17.7. The van der Waals surface area contributed by atoms with Crippen LogP contribution in [0, 0.1) is 0 Å². The molecule has 0 saturated carbocycles. The summed E-state index contributed by atoms with van der Waals surface area (Å²) in [5.41, 5.74) is 2.88. The van der Waals surface area contributed by atoms with Gasteiger partial charge in [-0.2, -0.15) is 0 Å². The molecule has 0 aromatic heterocycles. The zero-order valence-corrected chi connectivity index (χ0v) is 17.7. The van der Waals surface area contributed by atoms with Gasteiger partial charge in [-0.3, -0.25) is 9.59 Å².